The van der Waals surface area contributed by atoms with E-state index in [2.05, 4.69) is 0 Å². The van der Waals surface area contributed by atoms with Gasteiger partial charge in [0, 0.05) is 4.43 Å². The fourth-order valence-corrected chi connectivity index (χ4v) is 1.70. The highest BCUT2D eigenvalue weighted by molar-refractivity contribution is 14.1. The first kappa shape index (κ1) is 11.5. The van der Waals surface area contributed by atoms with Gasteiger partial charge in [-0.3, -0.25) is 0 Å². The molecule has 0 fully saturated rings. The third-order valence-corrected chi connectivity index (χ3v) is 2.18. The lowest BCUT2D eigenvalue weighted by Crippen LogP contribution is -2.22. The van der Waals surface area contributed by atoms with E-state index in [1.54, 1.807) is 6.92 Å². The number of halogens is 4. The molecule has 0 bridgehead atoms. The summed E-state index contributed by atoms with van der Waals surface area (Å²) in [6.45, 7) is 1.78. The van der Waals surface area contributed by atoms with Gasteiger partial charge in [-0.2, -0.15) is 13.2 Å². The normalized spacial score (nSPS) is 15.0. The van der Waals surface area contributed by atoms with Gasteiger partial charge in [0.05, 0.1) is 5.92 Å². The van der Waals surface area contributed by atoms with Crippen LogP contribution in [-0.4, -0.2) is 10.6 Å². The Hall–Kier alpha value is 0.520. The first-order valence-electron chi connectivity index (χ1n) is 3.65. The molecule has 0 saturated heterocycles. The van der Waals surface area contributed by atoms with Crippen molar-refractivity contribution in [3.63, 3.8) is 0 Å². The highest BCUT2D eigenvalue weighted by atomic mass is 127. The smallest absolute Gasteiger partial charge is 0.171 e. The topological polar surface area (TPSA) is 0 Å². The van der Waals surface area contributed by atoms with Crippen LogP contribution in [0.1, 0.15) is 26.2 Å². The van der Waals surface area contributed by atoms with E-state index in [1.165, 1.54) is 0 Å². The minimum atomic E-state index is -3.98. The lowest BCUT2D eigenvalue weighted by Gasteiger charge is -2.17. The summed E-state index contributed by atoms with van der Waals surface area (Å²) in [5.41, 5.74) is 0. The van der Waals surface area contributed by atoms with E-state index in [0.717, 1.165) is 0 Å². The first-order valence-corrected chi connectivity index (χ1v) is 5.17. The van der Waals surface area contributed by atoms with E-state index in [4.69, 9.17) is 0 Å². The predicted molar refractivity (Wildman–Crippen MR) is 48.0 cm³/mol. The number of alkyl halides is 4. The van der Waals surface area contributed by atoms with Gasteiger partial charge in [-0.05, 0) is 12.8 Å². The zero-order chi connectivity index (χ0) is 8.91. The summed E-state index contributed by atoms with van der Waals surface area (Å²) in [6.07, 6.45) is -2.84. The second-order valence-electron chi connectivity index (χ2n) is 2.50. The molecular weight excluding hydrogens is 268 g/mol. The van der Waals surface area contributed by atoms with Crippen molar-refractivity contribution in [3.8, 4) is 0 Å². The Morgan fingerprint density at radius 2 is 1.82 bits per heavy atom. The molecular formula is C7H12F3I. The van der Waals surface area contributed by atoms with E-state index >= 15 is 0 Å². The molecule has 0 radical (unpaired) electrons. The van der Waals surface area contributed by atoms with Gasteiger partial charge in [0.1, 0.15) is 0 Å². The molecule has 0 aliphatic rings. The van der Waals surface area contributed by atoms with Crippen LogP contribution < -0.4 is 0 Å². The lowest BCUT2D eigenvalue weighted by molar-refractivity contribution is -0.176. The van der Waals surface area contributed by atoms with E-state index in [-0.39, 0.29) is 12.8 Å². The monoisotopic (exact) mass is 280 g/mol. The van der Waals surface area contributed by atoms with Crippen molar-refractivity contribution in [1.29, 1.82) is 0 Å². The van der Waals surface area contributed by atoms with Crippen molar-refractivity contribution in [3.05, 3.63) is 0 Å². The van der Waals surface area contributed by atoms with Gasteiger partial charge in [0.15, 0.2) is 0 Å². The molecule has 1 atom stereocenters. The second kappa shape index (κ2) is 5.22. The van der Waals surface area contributed by atoms with Gasteiger partial charge in [-0.15, -0.1) is 0 Å². The zero-order valence-corrected chi connectivity index (χ0v) is 8.58. The molecule has 0 nitrogen and oxygen atoms in total. The summed E-state index contributed by atoms with van der Waals surface area (Å²) in [7, 11) is 0. The molecule has 0 rings (SSSR count). The quantitative estimate of drug-likeness (QED) is 0.543. The van der Waals surface area contributed by atoms with Crippen molar-refractivity contribution < 1.29 is 13.2 Å². The number of hydrogen-bond acceptors (Lipinski definition) is 0. The Kier molecular flexibility index (Phi) is 5.46. The van der Waals surface area contributed by atoms with Crippen LogP contribution in [0.2, 0.25) is 0 Å². The molecule has 0 aliphatic heterocycles. The average Bonchev–Trinajstić information content (AvgIpc) is 1.85. The molecule has 68 valence electrons. The molecule has 0 aromatic heterocycles. The molecule has 0 aromatic carbocycles. The van der Waals surface area contributed by atoms with Crippen molar-refractivity contribution >= 4 is 22.6 Å². The minimum Gasteiger partial charge on any atom is -0.171 e. The van der Waals surface area contributed by atoms with E-state index in [1.807, 2.05) is 22.6 Å². The predicted octanol–water partition coefficient (Wildman–Crippen LogP) is 3.79. The van der Waals surface area contributed by atoms with Gasteiger partial charge in [-0.25, -0.2) is 0 Å². The Labute approximate surface area is 78.7 Å². The fraction of sp³-hybridized carbons (Fsp3) is 1.00. The van der Waals surface area contributed by atoms with Gasteiger partial charge in [-0.1, -0.05) is 35.9 Å². The molecule has 0 aliphatic carbocycles. The van der Waals surface area contributed by atoms with E-state index < -0.39 is 12.1 Å². The standard InChI is InChI=1S/C7H12F3I/c1-2-3-6(4-5-11)7(8,9)10/h6H,2-5H2,1H3. The molecule has 0 N–H and O–H groups in total. The van der Waals surface area contributed by atoms with E-state index in [9.17, 15) is 13.2 Å². The Morgan fingerprint density at radius 3 is 2.09 bits per heavy atom. The van der Waals surface area contributed by atoms with Crippen LogP contribution in [0.4, 0.5) is 13.2 Å². The van der Waals surface area contributed by atoms with Crippen molar-refractivity contribution in [2.45, 2.75) is 32.4 Å². The van der Waals surface area contributed by atoms with Crippen LogP contribution in [0.15, 0.2) is 0 Å². The molecule has 0 amide bonds. The van der Waals surface area contributed by atoms with Crippen LogP contribution in [-0.2, 0) is 0 Å². The summed E-state index contributed by atoms with van der Waals surface area (Å²) in [5.74, 6) is -1.08. The zero-order valence-electron chi connectivity index (χ0n) is 6.42. The van der Waals surface area contributed by atoms with Gasteiger partial charge in [0.2, 0.25) is 0 Å². The van der Waals surface area contributed by atoms with Crippen LogP contribution >= 0.6 is 22.6 Å². The van der Waals surface area contributed by atoms with Gasteiger partial charge in [0.25, 0.3) is 0 Å². The highest BCUT2D eigenvalue weighted by Crippen LogP contribution is 2.32. The molecule has 0 heterocycles. The maximum atomic E-state index is 12.1. The van der Waals surface area contributed by atoms with Gasteiger partial charge < -0.3 is 0 Å². The third-order valence-electron chi connectivity index (χ3n) is 1.56. The molecule has 11 heavy (non-hydrogen) atoms. The molecule has 4 heteroatoms. The average molecular weight is 280 g/mol. The summed E-state index contributed by atoms with van der Waals surface area (Å²) < 4.78 is 36.9. The second-order valence-corrected chi connectivity index (χ2v) is 3.58. The largest absolute Gasteiger partial charge is 0.391 e. The van der Waals surface area contributed by atoms with Crippen molar-refractivity contribution in [2.24, 2.45) is 5.92 Å². The SMILES string of the molecule is CCCC(CCI)C(F)(F)F. The maximum absolute atomic E-state index is 12.1. The highest BCUT2D eigenvalue weighted by Gasteiger charge is 2.37. The van der Waals surface area contributed by atoms with E-state index in [0.29, 0.717) is 10.8 Å². The lowest BCUT2D eigenvalue weighted by atomic mass is 10.0. The van der Waals surface area contributed by atoms with Crippen LogP contribution in [0.3, 0.4) is 0 Å². The molecule has 0 spiro atoms. The van der Waals surface area contributed by atoms with Crippen LogP contribution in [0.25, 0.3) is 0 Å². The third kappa shape index (κ3) is 4.87. The molecule has 1 unspecified atom stereocenters. The first-order chi connectivity index (χ1) is 5.02. The summed E-state index contributed by atoms with van der Waals surface area (Å²) in [6, 6.07) is 0. The van der Waals surface area contributed by atoms with Gasteiger partial charge >= 0.3 is 6.18 Å². The Morgan fingerprint density at radius 1 is 1.27 bits per heavy atom. The maximum Gasteiger partial charge on any atom is 0.391 e. The van der Waals surface area contributed by atoms with Crippen molar-refractivity contribution in [1.82, 2.24) is 0 Å². The van der Waals surface area contributed by atoms with Crippen LogP contribution in [0.5, 0.6) is 0 Å². The summed E-state index contributed by atoms with van der Waals surface area (Å²) in [4.78, 5) is 0. The molecule has 0 aromatic rings. The Bertz CT molecular complexity index is 94.3. The minimum absolute atomic E-state index is 0.262. The summed E-state index contributed by atoms with van der Waals surface area (Å²) in [5, 5.41) is 0. The van der Waals surface area contributed by atoms with Crippen molar-refractivity contribution in [2.75, 3.05) is 4.43 Å². The fourth-order valence-electron chi connectivity index (χ4n) is 0.952. The van der Waals surface area contributed by atoms with Crippen LogP contribution in [0, 0.1) is 5.92 Å². The summed E-state index contributed by atoms with van der Waals surface area (Å²) >= 11 is 1.98. The molecule has 0 saturated carbocycles. The number of rotatable bonds is 4. The Balaban J connectivity index is 3.88. The number of hydrogen-bond donors (Lipinski definition) is 0.